The van der Waals surface area contributed by atoms with Crippen LogP contribution in [0.3, 0.4) is 0 Å². The van der Waals surface area contributed by atoms with Gasteiger partial charge in [0.1, 0.15) is 5.75 Å². The minimum atomic E-state index is -3.32. The minimum absolute atomic E-state index is 0.115. The molecular formula is C20H26N2O4S2. The lowest BCUT2D eigenvalue weighted by Gasteiger charge is -2.20. The molecule has 0 aromatic heterocycles. The Labute approximate surface area is 171 Å². The van der Waals surface area contributed by atoms with Gasteiger partial charge >= 0.3 is 0 Å². The van der Waals surface area contributed by atoms with Gasteiger partial charge in [0.15, 0.2) is 6.61 Å². The summed E-state index contributed by atoms with van der Waals surface area (Å²) in [4.78, 5) is 13.3. The number of carbonyl (C=O) groups excluding carboxylic acids is 1. The number of nitrogens with one attached hydrogen (secondary N) is 1. The summed E-state index contributed by atoms with van der Waals surface area (Å²) in [6.45, 7) is 3.92. The van der Waals surface area contributed by atoms with Gasteiger partial charge in [-0.15, -0.1) is 11.8 Å². The first kappa shape index (κ1) is 22.1. The molecule has 2 aromatic carbocycles. The lowest BCUT2D eigenvalue weighted by Crippen LogP contribution is -2.31. The van der Waals surface area contributed by atoms with E-state index in [-0.39, 0.29) is 18.6 Å². The zero-order valence-electron chi connectivity index (χ0n) is 16.5. The Kier molecular flexibility index (Phi) is 7.77. The number of amides is 1. The smallest absolute Gasteiger partial charge is 0.258 e. The zero-order valence-corrected chi connectivity index (χ0v) is 18.1. The van der Waals surface area contributed by atoms with E-state index in [1.807, 2.05) is 37.4 Å². The highest BCUT2D eigenvalue weighted by molar-refractivity contribution is 7.98. The number of rotatable bonds is 9. The molecule has 6 nitrogen and oxygen atoms in total. The third kappa shape index (κ3) is 6.17. The second kappa shape index (κ2) is 9.84. The van der Waals surface area contributed by atoms with E-state index in [0.29, 0.717) is 18.0 Å². The summed E-state index contributed by atoms with van der Waals surface area (Å²) in [7, 11) is -3.32. The van der Waals surface area contributed by atoms with Gasteiger partial charge in [0.2, 0.25) is 10.0 Å². The molecule has 8 heteroatoms. The van der Waals surface area contributed by atoms with Gasteiger partial charge in [0, 0.05) is 11.4 Å². The van der Waals surface area contributed by atoms with E-state index in [0.717, 1.165) is 5.56 Å². The van der Waals surface area contributed by atoms with Crippen LogP contribution in [0.1, 0.15) is 25.5 Å². The second-order valence-electron chi connectivity index (χ2n) is 6.27. The van der Waals surface area contributed by atoms with E-state index in [2.05, 4.69) is 5.32 Å². The quantitative estimate of drug-likeness (QED) is 0.627. The van der Waals surface area contributed by atoms with Gasteiger partial charge in [0.25, 0.3) is 5.91 Å². The number of hydrogen-bond donors (Lipinski definition) is 1. The fourth-order valence-electron chi connectivity index (χ4n) is 2.73. The zero-order chi connectivity index (χ0) is 20.7. The lowest BCUT2D eigenvalue weighted by molar-refractivity contribution is -0.123. The van der Waals surface area contributed by atoms with Crippen molar-refractivity contribution in [1.29, 1.82) is 0 Å². The Balaban J connectivity index is 1.89. The molecule has 2 aromatic rings. The van der Waals surface area contributed by atoms with Crippen LogP contribution in [-0.4, -0.2) is 40.0 Å². The molecule has 0 fully saturated rings. The Morgan fingerprint density at radius 2 is 1.75 bits per heavy atom. The molecule has 0 radical (unpaired) electrons. The first-order valence-electron chi connectivity index (χ1n) is 8.88. The van der Waals surface area contributed by atoms with Crippen LogP contribution in [0.4, 0.5) is 5.69 Å². The maximum atomic E-state index is 12.1. The van der Waals surface area contributed by atoms with Gasteiger partial charge in [0.05, 0.1) is 18.0 Å². The van der Waals surface area contributed by atoms with Crippen LogP contribution in [0.15, 0.2) is 53.4 Å². The molecule has 0 spiro atoms. The number of sulfonamides is 1. The van der Waals surface area contributed by atoms with E-state index in [4.69, 9.17) is 4.74 Å². The molecule has 0 aliphatic carbocycles. The first-order valence-corrected chi connectivity index (χ1v) is 12.0. The highest BCUT2D eigenvalue weighted by atomic mass is 32.2. The molecular weight excluding hydrogens is 396 g/mol. The average Bonchev–Trinajstić information content (AvgIpc) is 2.67. The van der Waals surface area contributed by atoms with Gasteiger partial charge in [-0.2, -0.15) is 0 Å². The fraction of sp³-hybridized carbons (Fsp3) is 0.350. The van der Waals surface area contributed by atoms with Crippen LogP contribution in [0, 0.1) is 0 Å². The SMILES string of the molecule is CCN(c1ccc(OCC(=O)N[C@H](C)c2ccc(SC)cc2)cc1)S(C)(=O)=O. The monoisotopic (exact) mass is 422 g/mol. The van der Waals surface area contributed by atoms with Gasteiger partial charge in [-0.3, -0.25) is 9.10 Å². The molecule has 1 atom stereocenters. The number of carbonyl (C=O) groups is 1. The van der Waals surface area contributed by atoms with E-state index >= 15 is 0 Å². The summed E-state index contributed by atoms with van der Waals surface area (Å²) in [5.41, 5.74) is 1.58. The van der Waals surface area contributed by atoms with Crippen molar-refractivity contribution in [3.8, 4) is 5.75 Å². The van der Waals surface area contributed by atoms with Gasteiger partial charge in [-0.05, 0) is 62.1 Å². The Hall–Kier alpha value is -2.19. The molecule has 0 saturated carbocycles. The lowest BCUT2D eigenvalue weighted by atomic mass is 10.1. The average molecular weight is 423 g/mol. The standard InChI is InChI=1S/C20H26N2O4S2/c1-5-22(28(4,24)25)17-8-10-18(11-9-17)26-14-20(23)21-15(2)16-6-12-19(27-3)13-7-16/h6-13,15H,5,14H2,1-4H3,(H,21,23)/t15-/m1/s1. The molecule has 0 bridgehead atoms. The van der Waals surface area contributed by atoms with Crippen molar-refractivity contribution >= 4 is 33.4 Å². The van der Waals surface area contributed by atoms with Crippen LogP contribution in [-0.2, 0) is 14.8 Å². The van der Waals surface area contributed by atoms with E-state index in [1.54, 1.807) is 43.0 Å². The van der Waals surface area contributed by atoms with Crippen molar-refractivity contribution in [1.82, 2.24) is 5.32 Å². The highest BCUT2D eigenvalue weighted by Gasteiger charge is 2.15. The summed E-state index contributed by atoms with van der Waals surface area (Å²) in [6, 6.07) is 14.6. The van der Waals surface area contributed by atoms with Gasteiger partial charge in [-0.1, -0.05) is 12.1 Å². The Bertz CT molecular complexity index is 881. The molecule has 1 amide bonds. The van der Waals surface area contributed by atoms with Crippen LogP contribution in [0.25, 0.3) is 0 Å². The molecule has 0 aliphatic heterocycles. The van der Waals surface area contributed by atoms with E-state index in [9.17, 15) is 13.2 Å². The Morgan fingerprint density at radius 3 is 2.25 bits per heavy atom. The first-order chi connectivity index (χ1) is 13.2. The molecule has 0 unspecified atom stereocenters. The van der Waals surface area contributed by atoms with Gasteiger partial charge < -0.3 is 10.1 Å². The predicted octanol–water partition coefficient (Wildman–Crippen LogP) is 3.45. The van der Waals surface area contributed by atoms with E-state index in [1.165, 1.54) is 15.5 Å². The van der Waals surface area contributed by atoms with Gasteiger partial charge in [-0.25, -0.2) is 8.42 Å². The molecule has 28 heavy (non-hydrogen) atoms. The summed E-state index contributed by atoms with van der Waals surface area (Å²) in [5, 5.41) is 2.90. The normalized spacial score (nSPS) is 12.3. The molecule has 152 valence electrons. The molecule has 0 aliphatic rings. The van der Waals surface area contributed by atoms with Crippen molar-refractivity contribution in [3.63, 3.8) is 0 Å². The van der Waals surface area contributed by atoms with Crippen molar-refractivity contribution in [3.05, 3.63) is 54.1 Å². The predicted molar refractivity (Wildman–Crippen MR) is 115 cm³/mol. The largest absolute Gasteiger partial charge is 0.484 e. The number of hydrogen-bond acceptors (Lipinski definition) is 5. The minimum Gasteiger partial charge on any atom is -0.484 e. The van der Waals surface area contributed by atoms with Crippen molar-refractivity contribution in [2.75, 3.05) is 30.0 Å². The molecule has 0 saturated heterocycles. The number of nitrogens with zero attached hydrogens (tertiary/aromatic N) is 1. The highest BCUT2D eigenvalue weighted by Crippen LogP contribution is 2.22. The number of thioether (sulfide) groups is 1. The topological polar surface area (TPSA) is 75.7 Å². The van der Waals surface area contributed by atoms with Crippen molar-refractivity contribution in [2.45, 2.75) is 24.8 Å². The summed E-state index contributed by atoms with van der Waals surface area (Å²) in [5.74, 6) is 0.275. The van der Waals surface area contributed by atoms with E-state index < -0.39 is 10.0 Å². The molecule has 1 N–H and O–H groups in total. The summed E-state index contributed by atoms with van der Waals surface area (Å²) in [6.07, 6.45) is 3.19. The number of benzene rings is 2. The third-order valence-corrected chi connectivity index (χ3v) is 6.19. The number of anilines is 1. The van der Waals surface area contributed by atoms with Crippen molar-refractivity contribution < 1.29 is 17.9 Å². The maximum absolute atomic E-state index is 12.1. The summed E-state index contributed by atoms with van der Waals surface area (Å²) >= 11 is 1.67. The molecule has 2 rings (SSSR count). The maximum Gasteiger partial charge on any atom is 0.258 e. The fourth-order valence-corrected chi connectivity index (χ4v) is 4.11. The Morgan fingerprint density at radius 1 is 1.14 bits per heavy atom. The van der Waals surface area contributed by atoms with Crippen LogP contribution < -0.4 is 14.4 Å². The van der Waals surface area contributed by atoms with Crippen LogP contribution in [0.2, 0.25) is 0 Å². The number of ether oxygens (including phenoxy) is 1. The van der Waals surface area contributed by atoms with Crippen LogP contribution >= 0.6 is 11.8 Å². The third-order valence-electron chi connectivity index (χ3n) is 4.18. The van der Waals surface area contributed by atoms with Crippen LogP contribution in [0.5, 0.6) is 5.75 Å². The molecule has 0 heterocycles. The van der Waals surface area contributed by atoms with Crippen molar-refractivity contribution in [2.24, 2.45) is 0 Å². The summed E-state index contributed by atoms with van der Waals surface area (Å²) < 4.78 is 30.3. The second-order valence-corrected chi connectivity index (χ2v) is 9.06.